The molecule has 0 aromatic rings. The molecule has 104 valence electrons. The number of hydrogen-bond acceptors (Lipinski definition) is 4. The predicted octanol–water partition coefficient (Wildman–Crippen LogP) is -0.0876. The Kier molecular flexibility index (Phi) is 3.89. The lowest BCUT2D eigenvalue weighted by Crippen LogP contribution is -2.31. The molecule has 6 unspecified atom stereocenters. The molecule has 0 radical (unpaired) electrons. The van der Waals surface area contributed by atoms with Gasteiger partial charge in [0, 0.05) is 37.3 Å². The van der Waals surface area contributed by atoms with Crippen LogP contribution in [0.25, 0.3) is 0 Å². The quantitative estimate of drug-likeness (QED) is 0.487. The Morgan fingerprint density at radius 2 is 1.11 bits per heavy atom. The van der Waals surface area contributed by atoms with Gasteiger partial charge in [-0.1, -0.05) is 0 Å². The van der Waals surface area contributed by atoms with Crippen LogP contribution >= 0.6 is 0 Å². The minimum absolute atomic E-state index is 0.766. The van der Waals surface area contributed by atoms with Crippen LogP contribution in [0.15, 0.2) is 0 Å². The molecule has 18 heavy (non-hydrogen) atoms. The van der Waals surface area contributed by atoms with Crippen molar-refractivity contribution >= 4 is 0 Å². The highest BCUT2D eigenvalue weighted by molar-refractivity contribution is 4.96. The SMILES string of the molecule is CC1CC2CNCC2N1.CC1CC2CNCC2N1. The molecule has 4 aliphatic heterocycles. The first-order chi connectivity index (χ1) is 8.72. The number of fused-ring (bicyclic) bond motifs is 2. The summed E-state index contributed by atoms with van der Waals surface area (Å²) in [7, 11) is 0. The van der Waals surface area contributed by atoms with Crippen LogP contribution in [0.4, 0.5) is 0 Å². The maximum atomic E-state index is 3.55. The predicted molar refractivity (Wildman–Crippen MR) is 74.7 cm³/mol. The number of nitrogens with one attached hydrogen (secondary N) is 4. The minimum Gasteiger partial charge on any atom is -0.315 e. The third kappa shape index (κ3) is 2.72. The van der Waals surface area contributed by atoms with Gasteiger partial charge in [-0.3, -0.25) is 0 Å². The first kappa shape index (κ1) is 12.9. The summed E-state index contributed by atoms with van der Waals surface area (Å²) in [5.74, 6) is 1.86. The van der Waals surface area contributed by atoms with Crippen molar-refractivity contribution in [2.24, 2.45) is 11.8 Å². The van der Waals surface area contributed by atoms with Gasteiger partial charge in [-0.2, -0.15) is 0 Å². The second-order valence-corrected chi connectivity index (χ2v) is 6.66. The maximum absolute atomic E-state index is 3.55. The van der Waals surface area contributed by atoms with Crippen LogP contribution in [-0.2, 0) is 0 Å². The minimum atomic E-state index is 0.766. The lowest BCUT2D eigenvalue weighted by atomic mass is 10.0. The van der Waals surface area contributed by atoms with E-state index in [2.05, 4.69) is 35.1 Å². The Labute approximate surface area is 111 Å². The number of rotatable bonds is 0. The zero-order chi connectivity index (χ0) is 12.5. The van der Waals surface area contributed by atoms with E-state index < -0.39 is 0 Å². The molecule has 4 heterocycles. The molecule has 4 rings (SSSR count). The van der Waals surface area contributed by atoms with Gasteiger partial charge in [0.2, 0.25) is 0 Å². The molecule has 0 amide bonds. The largest absolute Gasteiger partial charge is 0.315 e. The third-order valence-corrected chi connectivity index (χ3v) is 4.99. The van der Waals surface area contributed by atoms with Crippen molar-refractivity contribution in [1.82, 2.24) is 21.3 Å². The summed E-state index contributed by atoms with van der Waals surface area (Å²) in [5.41, 5.74) is 0. The van der Waals surface area contributed by atoms with Crippen molar-refractivity contribution in [1.29, 1.82) is 0 Å². The summed E-state index contributed by atoms with van der Waals surface area (Å²) < 4.78 is 0. The fraction of sp³-hybridized carbons (Fsp3) is 1.00. The van der Waals surface area contributed by atoms with Crippen molar-refractivity contribution in [2.45, 2.75) is 50.9 Å². The molecule has 0 aliphatic carbocycles. The van der Waals surface area contributed by atoms with Crippen LogP contribution in [0.5, 0.6) is 0 Å². The Morgan fingerprint density at radius 1 is 0.667 bits per heavy atom. The monoisotopic (exact) mass is 252 g/mol. The van der Waals surface area contributed by atoms with E-state index >= 15 is 0 Å². The molecule has 0 bridgehead atoms. The lowest BCUT2D eigenvalue weighted by Gasteiger charge is -2.06. The average Bonchev–Trinajstić information content (AvgIpc) is 2.97. The average molecular weight is 252 g/mol. The Hall–Kier alpha value is -0.160. The van der Waals surface area contributed by atoms with E-state index in [4.69, 9.17) is 0 Å². The fourth-order valence-corrected chi connectivity index (χ4v) is 4.13. The highest BCUT2D eigenvalue weighted by Gasteiger charge is 2.35. The topological polar surface area (TPSA) is 48.1 Å². The summed E-state index contributed by atoms with van der Waals surface area (Å²) in [6.45, 7) is 9.41. The van der Waals surface area contributed by atoms with Gasteiger partial charge >= 0.3 is 0 Å². The van der Waals surface area contributed by atoms with Crippen LogP contribution in [0, 0.1) is 11.8 Å². The van der Waals surface area contributed by atoms with Crippen LogP contribution in [-0.4, -0.2) is 50.3 Å². The first-order valence-electron chi connectivity index (χ1n) is 7.66. The molecule has 4 heteroatoms. The number of hydrogen-bond donors (Lipinski definition) is 4. The zero-order valence-electron chi connectivity index (χ0n) is 11.7. The van der Waals surface area contributed by atoms with Gasteiger partial charge in [-0.05, 0) is 51.6 Å². The molecule has 0 aromatic carbocycles. The van der Waals surface area contributed by atoms with Crippen LogP contribution in [0.1, 0.15) is 26.7 Å². The summed E-state index contributed by atoms with van der Waals surface area (Å²) in [5, 5.41) is 13.9. The van der Waals surface area contributed by atoms with Crippen molar-refractivity contribution in [2.75, 3.05) is 26.2 Å². The van der Waals surface area contributed by atoms with E-state index in [1.807, 2.05) is 0 Å². The first-order valence-corrected chi connectivity index (χ1v) is 7.66. The Morgan fingerprint density at radius 3 is 1.50 bits per heavy atom. The van der Waals surface area contributed by atoms with Gasteiger partial charge in [0.15, 0.2) is 0 Å². The smallest absolute Gasteiger partial charge is 0.0235 e. The maximum Gasteiger partial charge on any atom is 0.0235 e. The van der Waals surface area contributed by atoms with Crippen molar-refractivity contribution in [3.8, 4) is 0 Å². The molecular formula is C14H28N4. The fourth-order valence-electron chi connectivity index (χ4n) is 4.13. The van der Waals surface area contributed by atoms with Gasteiger partial charge in [0.1, 0.15) is 0 Å². The summed E-state index contributed by atoms with van der Waals surface area (Å²) >= 11 is 0. The van der Waals surface area contributed by atoms with E-state index in [-0.39, 0.29) is 0 Å². The van der Waals surface area contributed by atoms with Gasteiger partial charge in [0.05, 0.1) is 0 Å². The molecule has 4 nitrogen and oxygen atoms in total. The molecule has 0 spiro atoms. The van der Waals surface area contributed by atoms with Crippen molar-refractivity contribution in [3.05, 3.63) is 0 Å². The molecule has 0 saturated carbocycles. The van der Waals surface area contributed by atoms with Gasteiger partial charge in [0.25, 0.3) is 0 Å². The van der Waals surface area contributed by atoms with Crippen molar-refractivity contribution in [3.63, 3.8) is 0 Å². The molecular weight excluding hydrogens is 224 g/mol. The highest BCUT2D eigenvalue weighted by atomic mass is 15.1. The lowest BCUT2D eigenvalue weighted by molar-refractivity contribution is 0.553. The summed E-state index contributed by atoms with van der Waals surface area (Å²) in [6.07, 6.45) is 2.75. The zero-order valence-corrected chi connectivity index (χ0v) is 11.7. The van der Waals surface area contributed by atoms with Crippen LogP contribution < -0.4 is 21.3 Å². The molecule has 4 N–H and O–H groups in total. The summed E-state index contributed by atoms with van der Waals surface area (Å²) in [4.78, 5) is 0. The van der Waals surface area contributed by atoms with Crippen LogP contribution in [0.3, 0.4) is 0 Å². The van der Waals surface area contributed by atoms with E-state index in [1.165, 1.54) is 39.0 Å². The molecule has 0 aromatic heterocycles. The highest BCUT2D eigenvalue weighted by Crippen LogP contribution is 2.23. The summed E-state index contributed by atoms with van der Waals surface area (Å²) in [6, 6.07) is 3.11. The van der Waals surface area contributed by atoms with Crippen LogP contribution in [0.2, 0.25) is 0 Å². The van der Waals surface area contributed by atoms with Gasteiger partial charge in [-0.15, -0.1) is 0 Å². The van der Waals surface area contributed by atoms with Gasteiger partial charge < -0.3 is 21.3 Å². The standard InChI is InChI=1S/2C7H14N2/c2*1-5-2-6-3-8-4-7(6)9-5/h2*5-9H,2-4H2,1H3. The van der Waals surface area contributed by atoms with Crippen molar-refractivity contribution < 1.29 is 0 Å². The van der Waals surface area contributed by atoms with E-state index in [1.54, 1.807) is 0 Å². The molecule has 6 atom stereocenters. The third-order valence-electron chi connectivity index (χ3n) is 4.99. The Balaban J connectivity index is 0.000000111. The van der Waals surface area contributed by atoms with E-state index in [0.29, 0.717) is 0 Å². The Bertz CT molecular complexity index is 231. The van der Waals surface area contributed by atoms with E-state index in [0.717, 1.165) is 36.0 Å². The van der Waals surface area contributed by atoms with E-state index in [9.17, 15) is 0 Å². The second kappa shape index (κ2) is 5.45. The molecule has 4 fully saturated rings. The van der Waals surface area contributed by atoms with Gasteiger partial charge in [-0.25, -0.2) is 0 Å². The molecule has 4 saturated heterocycles. The normalized spacial score (nSPS) is 49.7. The molecule has 4 aliphatic rings. The second-order valence-electron chi connectivity index (χ2n) is 6.66.